The minimum absolute atomic E-state index is 0.126. The maximum Gasteiger partial charge on any atom is 0.352 e. The molecular formula is C10H11NO4. The van der Waals surface area contributed by atoms with E-state index in [4.69, 9.17) is 10.2 Å². The molecular weight excluding hydrogens is 198 g/mol. The van der Waals surface area contributed by atoms with Crippen LogP contribution in [-0.4, -0.2) is 20.7 Å². The van der Waals surface area contributed by atoms with Gasteiger partial charge in [-0.3, -0.25) is 9.36 Å². The van der Waals surface area contributed by atoms with Crippen LogP contribution in [0, 0.1) is 0 Å². The molecule has 2 N–H and O–H groups in total. The highest BCUT2D eigenvalue weighted by Crippen LogP contribution is 2.09. The van der Waals surface area contributed by atoms with Gasteiger partial charge >= 0.3 is 5.97 Å². The zero-order valence-electron chi connectivity index (χ0n) is 8.23. The molecule has 5 nitrogen and oxygen atoms in total. The molecule has 15 heavy (non-hydrogen) atoms. The zero-order valence-corrected chi connectivity index (χ0v) is 8.23. The van der Waals surface area contributed by atoms with Crippen molar-refractivity contribution >= 4 is 5.97 Å². The number of carbonyl (C=O) groups is 1. The Morgan fingerprint density at radius 1 is 1.53 bits per heavy atom. The van der Waals surface area contributed by atoms with Crippen molar-refractivity contribution in [3.8, 4) is 5.75 Å². The van der Waals surface area contributed by atoms with Gasteiger partial charge in [0.25, 0.3) is 5.56 Å². The lowest BCUT2D eigenvalue weighted by Crippen LogP contribution is -2.25. The average molecular weight is 209 g/mol. The summed E-state index contributed by atoms with van der Waals surface area (Å²) in [6.45, 7) is 5.41. The number of aromatic hydroxyl groups is 1. The average Bonchev–Trinajstić information content (AvgIpc) is 2.08. The first-order chi connectivity index (χ1) is 6.91. The lowest BCUT2D eigenvalue weighted by atomic mass is 10.2. The van der Waals surface area contributed by atoms with E-state index in [-0.39, 0.29) is 18.0 Å². The highest BCUT2D eigenvalue weighted by Gasteiger charge is 2.12. The van der Waals surface area contributed by atoms with Crippen LogP contribution in [0.1, 0.15) is 17.4 Å². The van der Waals surface area contributed by atoms with Crippen molar-refractivity contribution in [1.82, 2.24) is 4.57 Å². The normalized spacial score (nSPS) is 9.93. The number of allylic oxidation sites excluding steroid dienone is 1. The van der Waals surface area contributed by atoms with Gasteiger partial charge in [0.2, 0.25) is 0 Å². The molecule has 5 heteroatoms. The molecule has 1 aromatic rings. The highest BCUT2D eigenvalue weighted by molar-refractivity contribution is 5.86. The van der Waals surface area contributed by atoms with Crippen molar-refractivity contribution in [2.45, 2.75) is 13.5 Å². The third-order valence-corrected chi connectivity index (χ3v) is 1.76. The number of rotatable bonds is 3. The van der Waals surface area contributed by atoms with Gasteiger partial charge < -0.3 is 10.2 Å². The van der Waals surface area contributed by atoms with Crippen LogP contribution in [-0.2, 0) is 6.54 Å². The van der Waals surface area contributed by atoms with Crippen LogP contribution in [0.3, 0.4) is 0 Å². The van der Waals surface area contributed by atoms with E-state index >= 15 is 0 Å². The number of carboxylic acid groups (broad SMARTS) is 1. The van der Waals surface area contributed by atoms with Crippen LogP contribution in [0.15, 0.2) is 29.1 Å². The molecule has 1 rings (SSSR count). The second kappa shape index (κ2) is 4.00. The number of pyridine rings is 1. The predicted octanol–water partition coefficient (Wildman–Crippen LogP) is 0.828. The minimum atomic E-state index is -1.26. The standard InChI is InChI=1S/C10H11NO4/c1-6(2)5-11-8(10(14)15)3-7(12)4-9(11)13/h3-4,12H,1,5H2,2H3,(H,14,15). The SMILES string of the molecule is C=C(C)Cn1c(C(=O)O)cc(O)cc1=O. The van der Waals surface area contributed by atoms with Crippen molar-refractivity contribution in [1.29, 1.82) is 0 Å². The maximum atomic E-state index is 11.4. The first kappa shape index (κ1) is 11.0. The largest absolute Gasteiger partial charge is 0.508 e. The Kier molecular flexibility index (Phi) is 2.94. The number of aromatic nitrogens is 1. The van der Waals surface area contributed by atoms with Gasteiger partial charge in [0.15, 0.2) is 0 Å². The first-order valence-corrected chi connectivity index (χ1v) is 4.23. The van der Waals surface area contributed by atoms with Crippen molar-refractivity contribution in [2.24, 2.45) is 0 Å². The maximum absolute atomic E-state index is 11.4. The van der Waals surface area contributed by atoms with Gasteiger partial charge in [0.05, 0.1) is 0 Å². The highest BCUT2D eigenvalue weighted by atomic mass is 16.4. The molecule has 0 aromatic carbocycles. The van der Waals surface area contributed by atoms with Gasteiger partial charge in [0.1, 0.15) is 11.4 Å². The molecule has 1 aromatic heterocycles. The smallest absolute Gasteiger partial charge is 0.352 e. The van der Waals surface area contributed by atoms with Crippen LogP contribution in [0.4, 0.5) is 0 Å². The fraction of sp³-hybridized carbons (Fsp3) is 0.200. The van der Waals surface area contributed by atoms with Gasteiger partial charge in [-0.15, -0.1) is 0 Å². The third-order valence-electron chi connectivity index (χ3n) is 1.76. The van der Waals surface area contributed by atoms with Gasteiger partial charge in [-0.2, -0.15) is 0 Å². The Labute approximate surface area is 85.9 Å². The van der Waals surface area contributed by atoms with Gasteiger partial charge in [-0.25, -0.2) is 4.79 Å². The molecule has 0 saturated heterocycles. The summed E-state index contributed by atoms with van der Waals surface area (Å²) in [4.78, 5) is 22.2. The first-order valence-electron chi connectivity index (χ1n) is 4.23. The molecule has 0 fully saturated rings. The van der Waals surface area contributed by atoms with E-state index in [2.05, 4.69) is 6.58 Å². The third kappa shape index (κ3) is 2.46. The molecule has 0 bridgehead atoms. The number of hydrogen-bond acceptors (Lipinski definition) is 3. The summed E-state index contributed by atoms with van der Waals surface area (Å²) in [6, 6.07) is 2.00. The second-order valence-corrected chi connectivity index (χ2v) is 3.29. The topological polar surface area (TPSA) is 79.5 Å². The number of nitrogens with zero attached hydrogens (tertiary/aromatic N) is 1. The Morgan fingerprint density at radius 2 is 2.13 bits per heavy atom. The van der Waals surface area contributed by atoms with E-state index in [0.717, 1.165) is 16.7 Å². The molecule has 0 aliphatic rings. The van der Waals surface area contributed by atoms with E-state index < -0.39 is 11.5 Å². The summed E-state index contributed by atoms with van der Waals surface area (Å²) in [6.07, 6.45) is 0. The summed E-state index contributed by atoms with van der Waals surface area (Å²) in [5.41, 5.74) is -0.149. The van der Waals surface area contributed by atoms with Crippen molar-refractivity contribution in [3.63, 3.8) is 0 Å². The lowest BCUT2D eigenvalue weighted by Gasteiger charge is -2.09. The molecule has 0 saturated carbocycles. The fourth-order valence-corrected chi connectivity index (χ4v) is 1.19. The quantitative estimate of drug-likeness (QED) is 0.722. The molecule has 80 valence electrons. The van der Waals surface area contributed by atoms with E-state index in [1.54, 1.807) is 6.92 Å². The number of carboxylic acids is 1. The Balaban J connectivity index is 3.40. The molecule has 0 spiro atoms. The fourth-order valence-electron chi connectivity index (χ4n) is 1.19. The van der Waals surface area contributed by atoms with Gasteiger partial charge in [0, 0.05) is 18.7 Å². The Morgan fingerprint density at radius 3 is 2.60 bits per heavy atom. The van der Waals surface area contributed by atoms with Crippen LogP contribution >= 0.6 is 0 Å². The summed E-state index contributed by atoms with van der Waals surface area (Å²) >= 11 is 0. The summed E-state index contributed by atoms with van der Waals surface area (Å²) in [5.74, 6) is -1.61. The Hall–Kier alpha value is -2.04. The van der Waals surface area contributed by atoms with Crippen LogP contribution in [0.25, 0.3) is 0 Å². The van der Waals surface area contributed by atoms with E-state index in [1.807, 2.05) is 0 Å². The van der Waals surface area contributed by atoms with E-state index in [9.17, 15) is 9.59 Å². The molecule has 0 aliphatic heterocycles. The second-order valence-electron chi connectivity index (χ2n) is 3.29. The summed E-state index contributed by atoms with van der Waals surface area (Å²) < 4.78 is 1.05. The van der Waals surface area contributed by atoms with Gasteiger partial charge in [-0.1, -0.05) is 12.2 Å². The molecule has 0 amide bonds. The predicted molar refractivity (Wildman–Crippen MR) is 54.1 cm³/mol. The lowest BCUT2D eigenvalue weighted by molar-refractivity contribution is 0.0683. The molecule has 0 radical (unpaired) electrons. The number of hydrogen-bond donors (Lipinski definition) is 2. The van der Waals surface area contributed by atoms with Crippen molar-refractivity contribution in [3.05, 3.63) is 40.3 Å². The molecule has 0 unspecified atom stereocenters. The van der Waals surface area contributed by atoms with E-state index in [1.165, 1.54) is 0 Å². The molecule has 1 heterocycles. The van der Waals surface area contributed by atoms with Gasteiger partial charge in [-0.05, 0) is 6.92 Å². The Bertz CT molecular complexity index is 473. The zero-order chi connectivity index (χ0) is 11.6. The monoisotopic (exact) mass is 209 g/mol. The number of aromatic carboxylic acids is 1. The van der Waals surface area contributed by atoms with Crippen molar-refractivity contribution < 1.29 is 15.0 Å². The van der Waals surface area contributed by atoms with Crippen LogP contribution in [0.5, 0.6) is 5.75 Å². The van der Waals surface area contributed by atoms with E-state index in [0.29, 0.717) is 5.57 Å². The minimum Gasteiger partial charge on any atom is -0.508 e. The van der Waals surface area contributed by atoms with Crippen molar-refractivity contribution in [2.75, 3.05) is 0 Å². The summed E-state index contributed by atoms with van der Waals surface area (Å²) in [7, 11) is 0. The molecule has 0 atom stereocenters. The molecule has 0 aliphatic carbocycles. The van der Waals surface area contributed by atoms with Crippen LogP contribution < -0.4 is 5.56 Å². The van der Waals surface area contributed by atoms with Crippen LogP contribution in [0.2, 0.25) is 0 Å². The summed E-state index contributed by atoms with van der Waals surface area (Å²) in [5, 5.41) is 17.9.